The van der Waals surface area contributed by atoms with Crippen LogP contribution < -0.4 is 5.32 Å². The van der Waals surface area contributed by atoms with Gasteiger partial charge >= 0.3 is 0 Å². The van der Waals surface area contributed by atoms with Crippen LogP contribution in [0.3, 0.4) is 0 Å². The average molecular weight is 295 g/mol. The van der Waals surface area contributed by atoms with Gasteiger partial charge in [-0.1, -0.05) is 24.9 Å². The quantitative estimate of drug-likeness (QED) is 0.903. The summed E-state index contributed by atoms with van der Waals surface area (Å²) < 4.78 is 5.50. The molecule has 4 nitrogen and oxygen atoms in total. The molecule has 1 aromatic heterocycles. The summed E-state index contributed by atoms with van der Waals surface area (Å²) in [4.78, 5) is 4.65. The number of aromatic nitrogens is 2. The molecule has 1 N–H and O–H groups in total. The van der Waals surface area contributed by atoms with Crippen molar-refractivity contribution in [1.82, 2.24) is 15.5 Å². The minimum atomic E-state index is 0.475. The van der Waals surface area contributed by atoms with Crippen LogP contribution in [0.15, 0.2) is 4.52 Å². The van der Waals surface area contributed by atoms with Crippen molar-refractivity contribution in [2.24, 2.45) is 5.92 Å². The smallest absolute Gasteiger partial charge is 0.227 e. The molecule has 112 valence electrons. The van der Waals surface area contributed by atoms with Crippen LogP contribution in [0.1, 0.15) is 62.4 Å². The molecule has 1 aliphatic heterocycles. The molecule has 3 atom stereocenters. The van der Waals surface area contributed by atoms with Crippen molar-refractivity contribution < 1.29 is 4.52 Å². The summed E-state index contributed by atoms with van der Waals surface area (Å²) in [6.07, 6.45) is 8.69. The van der Waals surface area contributed by atoms with Crippen LogP contribution in [0.5, 0.6) is 0 Å². The molecule has 2 aliphatic rings. The highest BCUT2D eigenvalue weighted by Gasteiger charge is 2.28. The lowest BCUT2D eigenvalue weighted by molar-refractivity contribution is 0.242. The van der Waals surface area contributed by atoms with Gasteiger partial charge in [-0.15, -0.1) is 0 Å². The maximum absolute atomic E-state index is 5.50. The number of rotatable bonds is 5. The normalized spacial score (nSPS) is 30.8. The van der Waals surface area contributed by atoms with Crippen molar-refractivity contribution >= 4 is 11.8 Å². The Morgan fingerprint density at radius 1 is 1.25 bits per heavy atom. The molecule has 1 aliphatic carbocycles. The van der Waals surface area contributed by atoms with E-state index in [0.717, 1.165) is 24.7 Å². The van der Waals surface area contributed by atoms with Gasteiger partial charge < -0.3 is 9.84 Å². The van der Waals surface area contributed by atoms with Crippen LogP contribution in [0.25, 0.3) is 0 Å². The van der Waals surface area contributed by atoms with Crippen molar-refractivity contribution in [1.29, 1.82) is 0 Å². The lowest BCUT2D eigenvalue weighted by Crippen LogP contribution is -2.39. The molecule has 2 fully saturated rings. The van der Waals surface area contributed by atoms with Gasteiger partial charge in [0.1, 0.15) is 0 Å². The van der Waals surface area contributed by atoms with Crippen LogP contribution in [0.4, 0.5) is 0 Å². The maximum atomic E-state index is 5.50. The number of thioether (sulfide) groups is 1. The fourth-order valence-electron chi connectivity index (χ4n) is 3.47. The Kier molecular flexibility index (Phi) is 4.99. The van der Waals surface area contributed by atoms with Crippen LogP contribution in [0, 0.1) is 5.92 Å². The molecule has 2 heterocycles. The third-order valence-electron chi connectivity index (χ3n) is 4.51. The van der Waals surface area contributed by atoms with Crippen molar-refractivity contribution in [3.8, 4) is 0 Å². The second kappa shape index (κ2) is 6.94. The van der Waals surface area contributed by atoms with Gasteiger partial charge in [0.25, 0.3) is 0 Å². The Morgan fingerprint density at radius 3 is 2.95 bits per heavy atom. The van der Waals surface area contributed by atoms with E-state index in [1.807, 2.05) is 11.8 Å². The summed E-state index contributed by atoms with van der Waals surface area (Å²) in [5, 5.41) is 8.31. The Morgan fingerprint density at radius 2 is 2.15 bits per heavy atom. The van der Waals surface area contributed by atoms with Gasteiger partial charge in [0.15, 0.2) is 5.82 Å². The predicted octanol–water partition coefficient (Wildman–Crippen LogP) is 3.35. The first kappa shape index (κ1) is 14.4. The first-order valence-electron chi connectivity index (χ1n) is 8.04. The van der Waals surface area contributed by atoms with Crippen LogP contribution >= 0.6 is 11.8 Å². The van der Waals surface area contributed by atoms with E-state index in [0.29, 0.717) is 17.2 Å². The van der Waals surface area contributed by atoms with Crippen molar-refractivity contribution in [2.45, 2.75) is 63.2 Å². The largest absolute Gasteiger partial charge is 0.339 e. The topological polar surface area (TPSA) is 51.0 Å². The van der Waals surface area contributed by atoms with Crippen LogP contribution in [0.2, 0.25) is 0 Å². The van der Waals surface area contributed by atoms with E-state index < -0.39 is 0 Å². The Bertz CT molecular complexity index is 415. The first-order valence-corrected chi connectivity index (χ1v) is 9.09. The fraction of sp³-hybridized carbons (Fsp3) is 0.867. The number of nitrogens with zero attached hydrogens (tertiary/aromatic N) is 2. The standard InChI is InChI=1S/C15H25N3OS/c1-2-16-12-7-4-3-6-11(12)10-14-17-15(18-19-14)13-8-5-9-20-13/h11-13,16H,2-10H2,1H3. The highest BCUT2D eigenvalue weighted by atomic mass is 32.2. The summed E-state index contributed by atoms with van der Waals surface area (Å²) in [6.45, 7) is 3.24. The predicted molar refractivity (Wildman–Crippen MR) is 81.9 cm³/mol. The van der Waals surface area contributed by atoms with Gasteiger partial charge in [-0.2, -0.15) is 16.7 Å². The SMILES string of the molecule is CCNC1CCCCC1Cc1nc(C2CCCS2)no1. The van der Waals surface area contributed by atoms with E-state index in [2.05, 4.69) is 22.4 Å². The van der Waals surface area contributed by atoms with E-state index in [1.54, 1.807) is 0 Å². The van der Waals surface area contributed by atoms with E-state index >= 15 is 0 Å². The Balaban J connectivity index is 1.61. The van der Waals surface area contributed by atoms with E-state index in [-0.39, 0.29) is 0 Å². The first-order chi connectivity index (χ1) is 9.86. The Hall–Kier alpha value is -0.550. The molecule has 0 radical (unpaired) electrons. The molecule has 3 rings (SSSR count). The second-order valence-corrected chi connectivity index (χ2v) is 7.27. The molecular weight excluding hydrogens is 270 g/mol. The fourth-order valence-corrected chi connectivity index (χ4v) is 4.67. The molecule has 1 saturated carbocycles. The zero-order chi connectivity index (χ0) is 13.8. The van der Waals surface area contributed by atoms with Crippen molar-refractivity contribution in [3.05, 3.63) is 11.7 Å². The number of nitrogens with one attached hydrogen (secondary N) is 1. The van der Waals surface area contributed by atoms with Gasteiger partial charge in [0.05, 0.1) is 5.25 Å². The Labute approximate surface area is 125 Å². The molecule has 20 heavy (non-hydrogen) atoms. The van der Waals surface area contributed by atoms with Gasteiger partial charge in [0.2, 0.25) is 5.89 Å². The van der Waals surface area contributed by atoms with E-state index in [9.17, 15) is 0 Å². The summed E-state index contributed by atoms with van der Waals surface area (Å²) in [6, 6.07) is 0.630. The van der Waals surface area contributed by atoms with Gasteiger partial charge in [0, 0.05) is 12.5 Å². The van der Waals surface area contributed by atoms with E-state index in [1.165, 1.54) is 44.3 Å². The van der Waals surface area contributed by atoms with Crippen LogP contribution in [-0.2, 0) is 6.42 Å². The molecule has 3 unspecified atom stereocenters. The monoisotopic (exact) mass is 295 g/mol. The minimum absolute atomic E-state index is 0.475. The molecule has 0 amide bonds. The number of hydrogen-bond acceptors (Lipinski definition) is 5. The van der Waals surface area contributed by atoms with Crippen molar-refractivity contribution in [3.63, 3.8) is 0 Å². The van der Waals surface area contributed by atoms with Crippen molar-refractivity contribution in [2.75, 3.05) is 12.3 Å². The second-order valence-electron chi connectivity index (χ2n) is 5.96. The molecule has 1 saturated heterocycles. The zero-order valence-corrected chi connectivity index (χ0v) is 13.1. The maximum Gasteiger partial charge on any atom is 0.227 e. The number of hydrogen-bond donors (Lipinski definition) is 1. The highest BCUT2D eigenvalue weighted by Crippen LogP contribution is 2.38. The average Bonchev–Trinajstić information content (AvgIpc) is 3.12. The summed E-state index contributed by atoms with van der Waals surface area (Å²) in [5.41, 5.74) is 0. The van der Waals surface area contributed by atoms with Crippen LogP contribution in [-0.4, -0.2) is 28.5 Å². The molecular formula is C15H25N3OS. The van der Waals surface area contributed by atoms with Gasteiger partial charge in [-0.3, -0.25) is 0 Å². The zero-order valence-electron chi connectivity index (χ0n) is 12.3. The lowest BCUT2D eigenvalue weighted by Gasteiger charge is -2.31. The van der Waals surface area contributed by atoms with E-state index in [4.69, 9.17) is 4.52 Å². The summed E-state index contributed by atoms with van der Waals surface area (Å²) >= 11 is 1.97. The minimum Gasteiger partial charge on any atom is -0.339 e. The summed E-state index contributed by atoms with van der Waals surface area (Å²) in [7, 11) is 0. The molecule has 5 heteroatoms. The van der Waals surface area contributed by atoms with Gasteiger partial charge in [-0.25, -0.2) is 0 Å². The highest BCUT2D eigenvalue weighted by molar-refractivity contribution is 7.99. The third-order valence-corrected chi connectivity index (χ3v) is 5.89. The molecule has 1 aromatic rings. The molecule has 0 aromatic carbocycles. The third kappa shape index (κ3) is 3.37. The molecule has 0 bridgehead atoms. The van der Waals surface area contributed by atoms with Gasteiger partial charge in [-0.05, 0) is 43.9 Å². The lowest BCUT2D eigenvalue weighted by atomic mass is 9.82. The molecule has 0 spiro atoms. The summed E-state index contributed by atoms with van der Waals surface area (Å²) in [5.74, 6) is 3.67.